The quantitative estimate of drug-likeness (QED) is 0.423. The Labute approximate surface area is 71.2 Å². The molecule has 1 aromatic carbocycles. The second-order valence-electron chi connectivity index (χ2n) is 1.97. The number of hydrogen-bond donors (Lipinski definition) is 0. The second kappa shape index (κ2) is 4.27. The molecule has 0 saturated carbocycles. The van der Waals surface area contributed by atoms with E-state index < -0.39 is 0 Å². The van der Waals surface area contributed by atoms with Gasteiger partial charge in [-0.25, -0.2) is 0 Å². The van der Waals surface area contributed by atoms with Crippen LogP contribution >= 0.6 is 0 Å². The van der Waals surface area contributed by atoms with E-state index in [1.165, 1.54) is 0 Å². The molecule has 0 spiro atoms. The van der Waals surface area contributed by atoms with Crippen LogP contribution in [0.25, 0.3) is 0 Å². The molecule has 10 heavy (non-hydrogen) atoms. The van der Waals surface area contributed by atoms with E-state index in [9.17, 15) is 4.79 Å². The highest BCUT2D eigenvalue weighted by Gasteiger charge is 1.90. The number of aryl methyl sites for hydroxylation is 1. The van der Waals surface area contributed by atoms with Gasteiger partial charge in [0, 0.05) is 5.56 Å². The highest BCUT2D eigenvalue weighted by Crippen LogP contribution is 2.02. The van der Waals surface area contributed by atoms with Crippen molar-refractivity contribution in [2.75, 3.05) is 0 Å². The summed E-state index contributed by atoms with van der Waals surface area (Å²) in [5.74, 6) is 0. The molecule has 0 bridgehead atoms. The summed E-state index contributed by atoms with van der Waals surface area (Å²) in [5.41, 5.74) is 1.81. The van der Waals surface area contributed by atoms with Crippen molar-refractivity contribution in [3.63, 3.8) is 0 Å². The molecule has 0 atom stereocenters. The van der Waals surface area contributed by atoms with E-state index in [-0.39, 0.29) is 17.4 Å². The predicted octanol–water partition coefficient (Wildman–Crippen LogP) is 0.624. The van der Waals surface area contributed by atoms with Crippen molar-refractivity contribution in [3.05, 3.63) is 35.4 Å². The van der Waals surface area contributed by atoms with Crippen molar-refractivity contribution < 1.29 is 4.79 Å². The number of aldehydes is 1. The Bertz CT molecular complexity index is 220. The minimum Gasteiger partial charge on any atom is -0.298 e. The largest absolute Gasteiger partial charge is 0.298 e. The average Bonchev–Trinajstić information content (AvgIpc) is 1.89. The summed E-state index contributed by atoms with van der Waals surface area (Å²) in [6.07, 6.45) is 0.870. The summed E-state index contributed by atoms with van der Waals surface area (Å²) in [6, 6.07) is 7.51. The standard InChI is InChI=1S/C8H8O.Al.3H/c1-7-4-2-3-5-8(7)6-9;;;;/h2-6H,1H3;;;;. The maximum absolute atomic E-state index is 10.2. The smallest absolute Gasteiger partial charge is 0.187 e. The fourth-order valence-corrected chi connectivity index (χ4v) is 0.719. The van der Waals surface area contributed by atoms with Crippen LogP contribution in [-0.2, 0) is 0 Å². The Morgan fingerprint density at radius 1 is 1.30 bits per heavy atom. The van der Waals surface area contributed by atoms with Crippen LogP contribution in [0.2, 0.25) is 0 Å². The lowest BCUT2D eigenvalue weighted by molar-refractivity contribution is 0.112. The molecule has 1 aromatic rings. The van der Waals surface area contributed by atoms with Crippen molar-refractivity contribution in [1.82, 2.24) is 0 Å². The molecule has 1 nitrogen and oxygen atoms in total. The molecule has 0 aliphatic rings. The van der Waals surface area contributed by atoms with E-state index in [1.54, 1.807) is 0 Å². The SMILES string of the molecule is Cc1ccccc1C=O.[AlH3]. The Morgan fingerprint density at radius 2 is 1.90 bits per heavy atom. The van der Waals surface area contributed by atoms with Crippen LogP contribution in [0, 0.1) is 6.92 Å². The summed E-state index contributed by atoms with van der Waals surface area (Å²) < 4.78 is 0. The molecular weight excluding hydrogens is 139 g/mol. The van der Waals surface area contributed by atoms with E-state index in [1.807, 2.05) is 31.2 Å². The molecule has 52 valence electrons. The molecule has 0 heterocycles. The fraction of sp³-hybridized carbons (Fsp3) is 0.125. The van der Waals surface area contributed by atoms with Gasteiger partial charge in [0.25, 0.3) is 0 Å². The van der Waals surface area contributed by atoms with E-state index in [0.29, 0.717) is 0 Å². The van der Waals surface area contributed by atoms with E-state index in [2.05, 4.69) is 0 Å². The topological polar surface area (TPSA) is 17.1 Å². The van der Waals surface area contributed by atoms with Gasteiger partial charge in [-0.3, -0.25) is 4.79 Å². The molecule has 0 saturated heterocycles. The summed E-state index contributed by atoms with van der Waals surface area (Å²) in [4.78, 5) is 10.2. The number of benzene rings is 1. The zero-order chi connectivity index (χ0) is 6.69. The monoisotopic (exact) mass is 150 g/mol. The van der Waals surface area contributed by atoms with Gasteiger partial charge in [-0.15, -0.1) is 0 Å². The van der Waals surface area contributed by atoms with Gasteiger partial charge in [-0.2, -0.15) is 0 Å². The lowest BCUT2D eigenvalue weighted by Crippen LogP contribution is -1.82. The van der Waals surface area contributed by atoms with Crippen LogP contribution in [0.4, 0.5) is 0 Å². The molecule has 0 aliphatic heterocycles. The van der Waals surface area contributed by atoms with Gasteiger partial charge in [0.1, 0.15) is 6.29 Å². The molecule has 0 amide bonds. The molecular formula is C8H11AlO. The lowest BCUT2D eigenvalue weighted by atomic mass is 10.1. The van der Waals surface area contributed by atoms with E-state index in [4.69, 9.17) is 0 Å². The number of hydrogen-bond acceptors (Lipinski definition) is 1. The summed E-state index contributed by atoms with van der Waals surface area (Å²) in [5, 5.41) is 0. The molecule has 0 N–H and O–H groups in total. The maximum Gasteiger partial charge on any atom is 0.187 e. The van der Waals surface area contributed by atoms with E-state index in [0.717, 1.165) is 17.4 Å². The lowest BCUT2D eigenvalue weighted by Gasteiger charge is -1.92. The highest BCUT2D eigenvalue weighted by atomic mass is 27.0. The van der Waals surface area contributed by atoms with Crippen molar-refractivity contribution >= 4 is 23.6 Å². The first-order valence-corrected chi connectivity index (χ1v) is 2.85. The first-order chi connectivity index (χ1) is 4.34. The van der Waals surface area contributed by atoms with Gasteiger partial charge in [0.2, 0.25) is 0 Å². The van der Waals surface area contributed by atoms with Crippen molar-refractivity contribution in [2.24, 2.45) is 0 Å². The zero-order valence-electron chi connectivity index (χ0n) is 5.29. The van der Waals surface area contributed by atoms with Crippen LogP contribution in [0.5, 0.6) is 0 Å². The van der Waals surface area contributed by atoms with Gasteiger partial charge in [0.05, 0.1) is 0 Å². The second-order valence-corrected chi connectivity index (χ2v) is 1.97. The van der Waals surface area contributed by atoms with Crippen LogP contribution in [0.15, 0.2) is 24.3 Å². The van der Waals surface area contributed by atoms with Gasteiger partial charge < -0.3 is 0 Å². The predicted molar refractivity (Wildman–Crippen MR) is 46.5 cm³/mol. The molecule has 0 aliphatic carbocycles. The molecule has 0 radical (unpaired) electrons. The van der Waals surface area contributed by atoms with Gasteiger partial charge >= 0.3 is 0 Å². The average molecular weight is 150 g/mol. The molecule has 1 rings (SSSR count). The third kappa shape index (κ3) is 1.98. The molecule has 2 heteroatoms. The number of carbonyl (C=O) groups is 1. The van der Waals surface area contributed by atoms with Gasteiger partial charge in [-0.05, 0) is 12.5 Å². The van der Waals surface area contributed by atoms with Crippen LogP contribution in [-0.4, -0.2) is 23.6 Å². The van der Waals surface area contributed by atoms with Crippen molar-refractivity contribution in [3.8, 4) is 0 Å². The number of rotatable bonds is 1. The minimum absolute atomic E-state index is 0. The Kier molecular flexibility index (Phi) is 4.02. The van der Waals surface area contributed by atoms with Crippen LogP contribution in [0.3, 0.4) is 0 Å². The van der Waals surface area contributed by atoms with Crippen LogP contribution < -0.4 is 0 Å². The summed E-state index contributed by atoms with van der Waals surface area (Å²) in [7, 11) is 0. The maximum atomic E-state index is 10.2. The number of carbonyl (C=O) groups excluding carboxylic acids is 1. The zero-order valence-corrected chi connectivity index (χ0v) is 5.29. The van der Waals surface area contributed by atoms with Gasteiger partial charge in [-0.1, -0.05) is 24.3 Å². The normalized spacial score (nSPS) is 8.10. The van der Waals surface area contributed by atoms with Gasteiger partial charge in [0.15, 0.2) is 17.4 Å². The minimum atomic E-state index is 0. The fourth-order valence-electron chi connectivity index (χ4n) is 0.719. The molecule has 0 unspecified atom stereocenters. The Hall–Kier alpha value is -0.578. The molecule has 0 aromatic heterocycles. The summed E-state index contributed by atoms with van der Waals surface area (Å²) in [6.45, 7) is 1.92. The Morgan fingerprint density at radius 3 is 2.30 bits per heavy atom. The van der Waals surface area contributed by atoms with Crippen molar-refractivity contribution in [1.29, 1.82) is 0 Å². The first kappa shape index (κ1) is 9.42. The Balaban J connectivity index is 0.000000810. The van der Waals surface area contributed by atoms with E-state index >= 15 is 0 Å². The third-order valence-electron chi connectivity index (χ3n) is 1.32. The first-order valence-electron chi connectivity index (χ1n) is 2.85. The van der Waals surface area contributed by atoms with Crippen LogP contribution in [0.1, 0.15) is 15.9 Å². The molecule has 0 fully saturated rings. The van der Waals surface area contributed by atoms with Crippen molar-refractivity contribution in [2.45, 2.75) is 6.92 Å². The third-order valence-corrected chi connectivity index (χ3v) is 1.32. The highest BCUT2D eigenvalue weighted by molar-refractivity contribution is 5.76. The summed E-state index contributed by atoms with van der Waals surface area (Å²) >= 11 is 0.